The van der Waals surface area contributed by atoms with E-state index in [9.17, 15) is 24.0 Å². The maximum absolute atomic E-state index is 13.4. The van der Waals surface area contributed by atoms with E-state index in [2.05, 4.69) is 10.6 Å². The van der Waals surface area contributed by atoms with E-state index in [4.69, 9.17) is 4.74 Å². The molecule has 0 bridgehead atoms. The zero-order valence-corrected chi connectivity index (χ0v) is 24.3. The van der Waals surface area contributed by atoms with Crippen molar-refractivity contribution in [3.63, 3.8) is 0 Å². The lowest BCUT2D eigenvalue weighted by Gasteiger charge is -2.29. The first kappa shape index (κ1) is 30.8. The minimum Gasteiger partial charge on any atom is -0.497 e. The fraction of sp³-hybridized carbons (Fsp3) is 0.483. The second-order valence-corrected chi connectivity index (χ2v) is 10.9. The molecule has 1 aliphatic rings. The summed E-state index contributed by atoms with van der Waals surface area (Å²) in [7, 11) is 3.13. The van der Waals surface area contributed by atoms with Gasteiger partial charge in [-0.3, -0.25) is 24.0 Å². The van der Waals surface area contributed by atoms with E-state index >= 15 is 0 Å². The number of thiophene rings is 1. The lowest BCUT2D eigenvalue weighted by atomic mass is 10.0. The molecule has 0 unspecified atom stereocenters. The van der Waals surface area contributed by atoms with Crippen molar-refractivity contribution in [2.24, 2.45) is 0 Å². The summed E-state index contributed by atoms with van der Waals surface area (Å²) in [5, 5.41) is 7.52. The van der Waals surface area contributed by atoms with Crippen molar-refractivity contribution >= 4 is 40.7 Å². The second kappa shape index (κ2) is 14.6. The molecule has 0 spiro atoms. The lowest BCUT2D eigenvalue weighted by Crippen LogP contribution is -2.54. The molecule has 1 aromatic heterocycles. The number of carbonyl (C=O) groups is 5. The maximum Gasteiger partial charge on any atom is 0.245 e. The molecule has 2 aromatic rings. The molecule has 40 heavy (non-hydrogen) atoms. The van der Waals surface area contributed by atoms with E-state index in [0.717, 1.165) is 11.1 Å². The zero-order chi connectivity index (χ0) is 29.2. The van der Waals surface area contributed by atoms with E-state index < -0.39 is 12.1 Å². The lowest BCUT2D eigenvalue weighted by molar-refractivity contribution is -0.141. The zero-order valence-electron chi connectivity index (χ0n) is 23.5. The molecule has 11 heteroatoms. The Morgan fingerprint density at radius 3 is 2.42 bits per heavy atom. The third kappa shape index (κ3) is 8.64. The molecule has 1 aromatic carbocycles. The number of ether oxygens (including phenoxy) is 1. The summed E-state index contributed by atoms with van der Waals surface area (Å²) in [6, 6.07) is 7.37. The average Bonchev–Trinajstić information content (AvgIpc) is 3.41. The van der Waals surface area contributed by atoms with Gasteiger partial charge in [0.1, 0.15) is 17.8 Å². The molecular weight excluding hydrogens is 532 g/mol. The van der Waals surface area contributed by atoms with Crippen LogP contribution in [0.1, 0.15) is 53.9 Å². The second-order valence-electron chi connectivity index (χ2n) is 9.98. The fourth-order valence-corrected chi connectivity index (χ4v) is 5.25. The van der Waals surface area contributed by atoms with Crippen molar-refractivity contribution in [1.82, 2.24) is 20.4 Å². The van der Waals surface area contributed by atoms with Gasteiger partial charge in [0.2, 0.25) is 23.6 Å². The molecule has 3 rings (SSSR count). The van der Waals surface area contributed by atoms with Crippen LogP contribution in [0.15, 0.2) is 35.7 Å². The van der Waals surface area contributed by atoms with Crippen LogP contribution < -0.4 is 15.4 Å². The van der Waals surface area contributed by atoms with Crippen LogP contribution in [-0.2, 0) is 32.0 Å². The number of nitrogens with zero attached hydrogens (tertiary/aromatic N) is 2. The summed E-state index contributed by atoms with van der Waals surface area (Å²) in [5.74, 6) is -0.440. The van der Waals surface area contributed by atoms with Gasteiger partial charge in [0.25, 0.3) is 0 Å². The molecule has 2 heterocycles. The van der Waals surface area contributed by atoms with Crippen LogP contribution in [0.3, 0.4) is 0 Å². The molecule has 1 fully saturated rings. The Morgan fingerprint density at radius 1 is 1.07 bits per heavy atom. The number of carbonyl (C=O) groups excluding carboxylic acids is 5. The Morgan fingerprint density at radius 2 is 1.77 bits per heavy atom. The molecule has 4 amide bonds. The molecule has 0 aliphatic carbocycles. The molecule has 0 radical (unpaired) electrons. The first-order chi connectivity index (χ1) is 19.1. The van der Waals surface area contributed by atoms with Crippen molar-refractivity contribution in [3.8, 4) is 5.75 Å². The van der Waals surface area contributed by atoms with Gasteiger partial charge in [-0.1, -0.05) is 12.1 Å². The van der Waals surface area contributed by atoms with Crippen LogP contribution in [0.25, 0.3) is 0 Å². The number of hydrogen-bond acceptors (Lipinski definition) is 7. The third-order valence-corrected chi connectivity index (χ3v) is 8.06. The molecule has 2 atom stereocenters. The van der Waals surface area contributed by atoms with Crippen LogP contribution in [0.5, 0.6) is 5.75 Å². The van der Waals surface area contributed by atoms with Crippen molar-refractivity contribution in [3.05, 3.63) is 51.7 Å². The monoisotopic (exact) mass is 570 g/mol. The van der Waals surface area contributed by atoms with Gasteiger partial charge in [-0.2, -0.15) is 0 Å². The number of nitrogens with one attached hydrogen (secondary N) is 2. The predicted octanol–water partition coefficient (Wildman–Crippen LogP) is 2.20. The van der Waals surface area contributed by atoms with E-state index in [-0.39, 0.29) is 48.7 Å². The van der Waals surface area contributed by atoms with Crippen LogP contribution in [0.2, 0.25) is 0 Å². The molecule has 216 valence electrons. The quantitative estimate of drug-likeness (QED) is 0.513. The van der Waals surface area contributed by atoms with Crippen LogP contribution in [0.4, 0.5) is 0 Å². The maximum atomic E-state index is 13.4. The topological polar surface area (TPSA) is 125 Å². The van der Waals surface area contributed by atoms with Gasteiger partial charge >= 0.3 is 0 Å². The van der Waals surface area contributed by atoms with Crippen molar-refractivity contribution in [2.75, 3.05) is 33.8 Å². The van der Waals surface area contributed by atoms with Gasteiger partial charge in [0, 0.05) is 39.5 Å². The molecule has 10 nitrogen and oxygen atoms in total. The third-order valence-electron chi connectivity index (χ3n) is 6.98. The predicted molar refractivity (Wildman–Crippen MR) is 152 cm³/mol. The first-order valence-corrected chi connectivity index (χ1v) is 14.3. The van der Waals surface area contributed by atoms with Crippen molar-refractivity contribution in [1.29, 1.82) is 0 Å². The average molecular weight is 571 g/mol. The number of methoxy groups -OCH3 is 1. The highest BCUT2D eigenvalue weighted by Crippen LogP contribution is 2.17. The largest absolute Gasteiger partial charge is 0.497 e. The van der Waals surface area contributed by atoms with Gasteiger partial charge in [-0.25, -0.2) is 0 Å². The van der Waals surface area contributed by atoms with Crippen LogP contribution in [-0.4, -0.2) is 85.1 Å². The summed E-state index contributed by atoms with van der Waals surface area (Å²) < 4.78 is 5.20. The van der Waals surface area contributed by atoms with Crippen molar-refractivity contribution in [2.45, 2.75) is 58.0 Å². The van der Waals surface area contributed by atoms with Gasteiger partial charge < -0.3 is 25.2 Å². The number of likely N-dealkylation sites (N-methyl/N-ethyl adjacent to an activating group) is 1. The Balaban J connectivity index is 1.74. The normalized spacial score (nSPS) is 19.8. The van der Waals surface area contributed by atoms with E-state index in [1.165, 1.54) is 23.2 Å². The molecule has 0 saturated carbocycles. The minimum atomic E-state index is -0.863. The molecule has 1 aliphatic heterocycles. The number of Topliss-reactive ketones (excluding diaryl/α,β-unsaturated/α-hetero) is 1. The minimum absolute atomic E-state index is 0.0386. The Bertz CT molecular complexity index is 1210. The Kier molecular flexibility index (Phi) is 11.2. The Labute approximate surface area is 239 Å². The van der Waals surface area contributed by atoms with Gasteiger partial charge in [0.05, 0.1) is 18.4 Å². The highest BCUT2D eigenvalue weighted by atomic mass is 32.1. The standard InChI is InChI=1S/C29H38N4O6S/c1-19-28(37)30-12-6-14-33(27(36)17-22-16-25(20(2)34)40-18-22)13-5-7-26(35)31-24(29(38)32(19)3)15-21-8-10-23(39-4)11-9-21/h8-11,16,18-19,24H,5-7,12-15,17H2,1-4H3,(H,30,37)(H,31,35)/t19-,24-/m0/s1. The van der Waals surface area contributed by atoms with Gasteiger partial charge in [0.15, 0.2) is 5.78 Å². The highest BCUT2D eigenvalue weighted by Gasteiger charge is 2.30. The van der Waals surface area contributed by atoms with Gasteiger partial charge in [-0.15, -0.1) is 11.3 Å². The van der Waals surface area contributed by atoms with Crippen molar-refractivity contribution < 1.29 is 28.7 Å². The van der Waals surface area contributed by atoms with E-state index in [1.807, 2.05) is 17.5 Å². The highest BCUT2D eigenvalue weighted by molar-refractivity contribution is 7.12. The fourth-order valence-electron chi connectivity index (χ4n) is 4.44. The smallest absolute Gasteiger partial charge is 0.245 e. The number of ketones is 1. The summed E-state index contributed by atoms with van der Waals surface area (Å²) in [6.07, 6.45) is 1.49. The first-order valence-electron chi connectivity index (χ1n) is 13.4. The number of amides is 4. The molecule has 2 N–H and O–H groups in total. The van der Waals surface area contributed by atoms with Crippen LogP contribution >= 0.6 is 11.3 Å². The summed E-state index contributed by atoms with van der Waals surface area (Å²) in [6.45, 7) is 4.25. The molecule has 1 saturated heterocycles. The summed E-state index contributed by atoms with van der Waals surface area (Å²) >= 11 is 1.32. The van der Waals surface area contributed by atoms with Crippen LogP contribution in [0, 0.1) is 0 Å². The number of benzene rings is 1. The number of hydrogen-bond donors (Lipinski definition) is 2. The SMILES string of the molecule is COc1ccc(C[C@@H]2NC(=O)CCCN(C(=O)Cc3csc(C(C)=O)c3)CCCNC(=O)[C@H](C)N(C)C2=O)cc1. The Hall–Kier alpha value is -3.73. The van der Waals surface area contributed by atoms with E-state index in [0.29, 0.717) is 43.1 Å². The van der Waals surface area contributed by atoms with Gasteiger partial charge in [-0.05, 0) is 61.4 Å². The summed E-state index contributed by atoms with van der Waals surface area (Å²) in [4.78, 5) is 67.6. The molecular formula is C29H38N4O6S. The summed E-state index contributed by atoms with van der Waals surface area (Å²) in [5.41, 5.74) is 1.61. The number of rotatable bonds is 6. The van der Waals surface area contributed by atoms with E-state index in [1.54, 1.807) is 44.2 Å².